The van der Waals surface area contributed by atoms with Crippen molar-refractivity contribution in [2.75, 3.05) is 13.1 Å². The zero-order chi connectivity index (χ0) is 10.4. The molecule has 0 radical (unpaired) electrons. The lowest BCUT2D eigenvalue weighted by molar-refractivity contribution is 0.213. The number of hydrogen-bond donors (Lipinski definition) is 1. The first-order valence-electron chi connectivity index (χ1n) is 5.44. The van der Waals surface area contributed by atoms with Crippen molar-refractivity contribution in [3.63, 3.8) is 0 Å². The maximum atomic E-state index is 5.60. The van der Waals surface area contributed by atoms with Gasteiger partial charge in [0.15, 0.2) is 0 Å². The van der Waals surface area contributed by atoms with Crippen LogP contribution in [0.4, 0.5) is 0 Å². The standard InChI is InChI=1S/C11H21N3/c1-3-11(12)13-9-10(2)14-7-5-4-6-8-14/h3,9-10H,4-8,12H2,1-2H3/b11-3-,13-9-. The van der Waals surface area contributed by atoms with Crippen LogP contribution in [0.15, 0.2) is 16.9 Å². The molecule has 0 aromatic rings. The Morgan fingerprint density at radius 2 is 2.00 bits per heavy atom. The molecule has 1 saturated heterocycles. The summed E-state index contributed by atoms with van der Waals surface area (Å²) < 4.78 is 0. The molecular weight excluding hydrogens is 174 g/mol. The van der Waals surface area contributed by atoms with Crippen molar-refractivity contribution >= 4 is 6.21 Å². The van der Waals surface area contributed by atoms with Crippen LogP contribution >= 0.6 is 0 Å². The molecule has 1 rings (SSSR count). The molecule has 3 nitrogen and oxygen atoms in total. The van der Waals surface area contributed by atoms with Crippen LogP contribution in [0.25, 0.3) is 0 Å². The van der Waals surface area contributed by atoms with Crippen molar-refractivity contribution in [3.8, 4) is 0 Å². The number of rotatable bonds is 3. The van der Waals surface area contributed by atoms with Crippen LogP contribution in [0.3, 0.4) is 0 Å². The highest BCUT2D eigenvalue weighted by Gasteiger charge is 2.14. The summed E-state index contributed by atoms with van der Waals surface area (Å²) in [6, 6.07) is 0.411. The van der Waals surface area contributed by atoms with Crippen LogP contribution in [-0.4, -0.2) is 30.2 Å². The number of piperidine rings is 1. The molecule has 0 amide bonds. The summed E-state index contributed by atoms with van der Waals surface area (Å²) in [7, 11) is 0. The molecule has 0 aliphatic carbocycles. The van der Waals surface area contributed by atoms with Gasteiger partial charge in [-0.2, -0.15) is 0 Å². The molecule has 0 bridgehead atoms. The van der Waals surface area contributed by atoms with E-state index in [9.17, 15) is 0 Å². The van der Waals surface area contributed by atoms with E-state index in [1.807, 2.05) is 19.2 Å². The minimum absolute atomic E-state index is 0.411. The van der Waals surface area contributed by atoms with Crippen LogP contribution in [0.5, 0.6) is 0 Å². The van der Waals surface area contributed by atoms with Crippen molar-refractivity contribution < 1.29 is 0 Å². The fourth-order valence-corrected chi connectivity index (χ4v) is 1.69. The van der Waals surface area contributed by atoms with Gasteiger partial charge in [0, 0.05) is 12.3 Å². The number of likely N-dealkylation sites (tertiary alicyclic amines) is 1. The summed E-state index contributed by atoms with van der Waals surface area (Å²) in [5.41, 5.74) is 5.60. The lowest BCUT2D eigenvalue weighted by Crippen LogP contribution is -2.38. The van der Waals surface area contributed by atoms with Gasteiger partial charge in [-0.25, -0.2) is 4.99 Å². The molecule has 1 fully saturated rings. The number of nitrogens with zero attached hydrogens (tertiary/aromatic N) is 2. The fraction of sp³-hybridized carbons (Fsp3) is 0.727. The Labute approximate surface area is 86.7 Å². The van der Waals surface area contributed by atoms with Crippen LogP contribution in [0, 0.1) is 0 Å². The summed E-state index contributed by atoms with van der Waals surface area (Å²) in [4.78, 5) is 6.64. The van der Waals surface area contributed by atoms with Gasteiger partial charge in [0.25, 0.3) is 0 Å². The third kappa shape index (κ3) is 3.50. The summed E-state index contributed by atoms with van der Waals surface area (Å²) >= 11 is 0. The highest BCUT2D eigenvalue weighted by Crippen LogP contribution is 2.10. The van der Waals surface area contributed by atoms with Crippen LogP contribution in [0.1, 0.15) is 33.1 Å². The number of allylic oxidation sites excluding steroid dienone is 1. The van der Waals surface area contributed by atoms with Crippen LogP contribution in [0.2, 0.25) is 0 Å². The van der Waals surface area contributed by atoms with Gasteiger partial charge in [0.05, 0.1) is 0 Å². The van der Waals surface area contributed by atoms with E-state index >= 15 is 0 Å². The van der Waals surface area contributed by atoms with Gasteiger partial charge in [-0.05, 0) is 45.9 Å². The Morgan fingerprint density at radius 3 is 2.57 bits per heavy atom. The van der Waals surface area contributed by atoms with Gasteiger partial charge >= 0.3 is 0 Å². The predicted molar refractivity (Wildman–Crippen MR) is 61.3 cm³/mol. The molecule has 1 aliphatic rings. The SMILES string of the molecule is C/C=C(N)\N=C/C(C)N1CCCCC1. The number of aliphatic imine (C=N–C) groups is 1. The van der Waals surface area contributed by atoms with E-state index in [4.69, 9.17) is 5.73 Å². The predicted octanol–water partition coefficient (Wildman–Crippen LogP) is 1.75. The zero-order valence-corrected chi connectivity index (χ0v) is 9.24. The number of hydrogen-bond acceptors (Lipinski definition) is 3. The molecule has 80 valence electrons. The van der Waals surface area contributed by atoms with Gasteiger partial charge in [0.2, 0.25) is 0 Å². The average molecular weight is 195 g/mol. The Balaban J connectivity index is 2.39. The topological polar surface area (TPSA) is 41.6 Å². The van der Waals surface area contributed by atoms with E-state index in [2.05, 4.69) is 16.8 Å². The zero-order valence-electron chi connectivity index (χ0n) is 9.24. The minimum Gasteiger partial charge on any atom is -0.384 e. The minimum atomic E-state index is 0.411. The second-order valence-electron chi connectivity index (χ2n) is 3.83. The lowest BCUT2D eigenvalue weighted by Gasteiger charge is -2.30. The quantitative estimate of drug-likeness (QED) is 0.697. The van der Waals surface area contributed by atoms with E-state index in [1.54, 1.807) is 0 Å². The van der Waals surface area contributed by atoms with Crippen molar-refractivity contribution in [3.05, 3.63) is 11.9 Å². The normalized spacial score (nSPS) is 22.9. The Bertz CT molecular complexity index is 215. The summed E-state index contributed by atoms with van der Waals surface area (Å²) in [5, 5.41) is 0. The van der Waals surface area contributed by atoms with Gasteiger partial charge in [-0.1, -0.05) is 6.42 Å². The van der Waals surface area contributed by atoms with E-state index in [0.717, 1.165) is 0 Å². The number of nitrogens with two attached hydrogens (primary N) is 1. The van der Waals surface area contributed by atoms with Crippen molar-refractivity contribution in [2.24, 2.45) is 10.7 Å². The molecule has 0 aromatic heterocycles. The third-order valence-corrected chi connectivity index (χ3v) is 2.70. The van der Waals surface area contributed by atoms with Crippen molar-refractivity contribution in [2.45, 2.75) is 39.2 Å². The molecule has 2 N–H and O–H groups in total. The Kier molecular flexibility index (Phi) is 4.66. The van der Waals surface area contributed by atoms with Crippen molar-refractivity contribution in [1.29, 1.82) is 0 Å². The van der Waals surface area contributed by atoms with E-state index < -0.39 is 0 Å². The highest BCUT2D eigenvalue weighted by atomic mass is 15.2. The second kappa shape index (κ2) is 5.81. The molecule has 1 unspecified atom stereocenters. The van der Waals surface area contributed by atoms with E-state index in [1.165, 1.54) is 32.4 Å². The molecule has 1 atom stereocenters. The van der Waals surface area contributed by atoms with Crippen LogP contribution in [-0.2, 0) is 0 Å². The maximum Gasteiger partial charge on any atom is 0.118 e. The molecule has 1 aliphatic heterocycles. The smallest absolute Gasteiger partial charge is 0.118 e. The van der Waals surface area contributed by atoms with Crippen molar-refractivity contribution in [1.82, 2.24) is 4.90 Å². The first kappa shape index (κ1) is 11.2. The third-order valence-electron chi connectivity index (χ3n) is 2.70. The van der Waals surface area contributed by atoms with Gasteiger partial charge < -0.3 is 5.73 Å². The van der Waals surface area contributed by atoms with Gasteiger partial charge in [0.1, 0.15) is 5.82 Å². The fourth-order valence-electron chi connectivity index (χ4n) is 1.69. The largest absolute Gasteiger partial charge is 0.384 e. The highest BCUT2D eigenvalue weighted by molar-refractivity contribution is 5.65. The molecule has 1 heterocycles. The molecule has 0 saturated carbocycles. The first-order valence-corrected chi connectivity index (χ1v) is 5.44. The average Bonchev–Trinajstić information content (AvgIpc) is 2.26. The molecule has 0 aromatic carbocycles. The van der Waals surface area contributed by atoms with E-state index in [-0.39, 0.29) is 0 Å². The monoisotopic (exact) mass is 195 g/mol. The van der Waals surface area contributed by atoms with Gasteiger partial charge in [-0.15, -0.1) is 0 Å². The first-order chi connectivity index (χ1) is 6.74. The Morgan fingerprint density at radius 1 is 1.36 bits per heavy atom. The summed E-state index contributed by atoms with van der Waals surface area (Å²) in [5.74, 6) is 0.605. The summed E-state index contributed by atoms with van der Waals surface area (Å²) in [6.07, 6.45) is 7.77. The molecule has 14 heavy (non-hydrogen) atoms. The molecule has 0 spiro atoms. The second-order valence-corrected chi connectivity index (χ2v) is 3.83. The maximum absolute atomic E-state index is 5.60. The lowest BCUT2D eigenvalue weighted by atomic mass is 10.1. The van der Waals surface area contributed by atoms with Crippen LogP contribution < -0.4 is 5.73 Å². The Hall–Kier alpha value is -0.830. The summed E-state index contributed by atoms with van der Waals surface area (Å²) in [6.45, 7) is 6.47. The van der Waals surface area contributed by atoms with E-state index in [0.29, 0.717) is 11.9 Å². The van der Waals surface area contributed by atoms with Gasteiger partial charge in [-0.3, -0.25) is 4.90 Å². The molecular formula is C11H21N3. The molecule has 3 heteroatoms.